The van der Waals surface area contributed by atoms with Gasteiger partial charge < -0.3 is 15.0 Å². The second-order valence-corrected chi connectivity index (χ2v) is 8.04. The zero-order valence-corrected chi connectivity index (χ0v) is 16.6. The van der Waals surface area contributed by atoms with E-state index in [2.05, 4.69) is 10.3 Å². The van der Waals surface area contributed by atoms with Crippen LogP contribution in [-0.2, 0) is 4.79 Å². The van der Waals surface area contributed by atoms with Gasteiger partial charge in [0.1, 0.15) is 0 Å². The van der Waals surface area contributed by atoms with Crippen LogP contribution in [0.1, 0.15) is 62.3 Å². The summed E-state index contributed by atoms with van der Waals surface area (Å²) in [6, 6.07) is 8.36. The van der Waals surface area contributed by atoms with E-state index in [1.54, 1.807) is 12.1 Å². The van der Waals surface area contributed by atoms with Gasteiger partial charge in [0.2, 0.25) is 5.91 Å². The molecule has 6 heteroatoms. The summed E-state index contributed by atoms with van der Waals surface area (Å²) in [7, 11) is 0. The molecule has 0 unspecified atom stereocenters. The molecule has 2 N–H and O–H groups in total. The lowest BCUT2D eigenvalue weighted by Gasteiger charge is -2.15. The van der Waals surface area contributed by atoms with E-state index < -0.39 is 5.82 Å². The topological polar surface area (TPSA) is 71.2 Å². The van der Waals surface area contributed by atoms with Crippen molar-refractivity contribution in [2.24, 2.45) is 0 Å². The summed E-state index contributed by atoms with van der Waals surface area (Å²) < 4.78 is 20.1. The number of hydrogen-bond acceptors (Lipinski definition) is 3. The minimum absolute atomic E-state index is 0.00460. The van der Waals surface area contributed by atoms with Crippen molar-refractivity contribution >= 4 is 11.5 Å². The zero-order valence-electron chi connectivity index (χ0n) is 16.6. The molecule has 1 atom stereocenters. The number of hydrogen-bond donors (Lipinski definition) is 2. The molecule has 5 nitrogen and oxygen atoms in total. The number of pyridine rings is 1. The standard InChI is InChI=1S/C23H25FN2O3/c1-13(2)29-21-9-5-15(11-19(21)24)18(12-16-6-10-22(27)25-16)20-8-7-17(14-3-4-14)23(28)26-20/h5,7-9,11-14,16H,3-4,6,10H2,1-2H3,(H,25,27)(H,26,28)/b18-12+/t16-/m1/s1. The van der Waals surface area contributed by atoms with Crippen LogP contribution in [0.5, 0.6) is 5.75 Å². The number of aromatic amines is 1. The third-order valence-electron chi connectivity index (χ3n) is 5.25. The quantitative estimate of drug-likeness (QED) is 0.778. The molecule has 1 saturated carbocycles. The number of H-pyrrole nitrogens is 1. The van der Waals surface area contributed by atoms with Crippen LogP contribution in [0.15, 0.2) is 41.2 Å². The maximum Gasteiger partial charge on any atom is 0.251 e. The van der Waals surface area contributed by atoms with Gasteiger partial charge in [0.05, 0.1) is 6.10 Å². The highest BCUT2D eigenvalue weighted by atomic mass is 19.1. The van der Waals surface area contributed by atoms with Crippen molar-refractivity contribution in [3.63, 3.8) is 0 Å². The Morgan fingerprint density at radius 3 is 2.55 bits per heavy atom. The summed E-state index contributed by atoms with van der Waals surface area (Å²) in [4.78, 5) is 27.1. The summed E-state index contributed by atoms with van der Waals surface area (Å²) in [5.74, 6) is 0.0682. The van der Waals surface area contributed by atoms with Gasteiger partial charge in [-0.3, -0.25) is 9.59 Å². The lowest BCUT2D eigenvalue weighted by molar-refractivity contribution is -0.119. The fourth-order valence-corrected chi connectivity index (χ4v) is 3.68. The van der Waals surface area contributed by atoms with Gasteiger partial charge in [0.25, 0.3) is 5.56 Å². The highest BCUT2D eigenvalue weighted by molar-refractivity contribution is 5.82. The van der Waals surface area contributed by atoms with Crippen molar-refractivity contribution < 1.29 is 13.9 Å². The van der Waals surface area contributed by atoms with Crippen LogP contribution >= 0.6 is 0 Å². The molecule has 2 aliphatic rings. The summed E-state index contributed by atoms with van der Waals surface area (Å²) in [6.45, 7) is 3.68. The molecule has 1 saturated heterocycles. The van der Waals surface area contributed by atoms with E-state index in [-0.39, 0.29) is 29.4 Å². The lowest BCUT2D eigenvalue weighted by atomic mass is 9.98. The molecule has 2 aromatic rings. The third kappa shape index (κ3) is 4.42. The number of carbonyl (C=O) groups is 1. The zero-order chi connectivity index (χ0) is 20.5. The number of carbonyl (C=O) groups excluding carboxylic acids is 1. The number of aromatic nitrogens is 1. The van der Waals surface area contributed by atoms with E-state index in [4.69, 9.17) is 4.74 Å². The van der Waals surface area contributed by atoms with Crippen LogP contribution in [0, 0.1) is 5.82 Å². The first-order chi connectivity index (χ1) is 13.9. The normalized spacial score (nSPS) is 19.5. The van der Waals surface area contributed by atoms with Crippen molar-refractivity contribution in [2.45, 2.75) is 57.6 Å². The maximum absolute atomic E-state index is 14.6. The Labute approximate surface area is 169 Å². The molecular formula is C23H25FN2O3. The molecule has 1 aromatic carbocycles. The van der Waals surface area contributed by atoms with Crippen LogP contribution in [0.25, 0.3) is 5.57 Å². The van der Waals surface area contributed by atoms with Gasteiger partial charge in [-0.2, -0.15) is 0 Å². The number of halogens is 1. The number of ether oxygens (including phenoxy) is 1. The van der Waals surface area contributed by atoms with Gasteiger partial charge in [-0.25, -0.2) is 4.39 Å². The molecule has 0 radical (unpaired) electrons. The highest BCUT2D eigenvalue weighted by Gasteiger charge is 2.27. The van der Waals surface area contributed by atoms with Crippen LogP contribution in [0.2, 0.25) is 0 Å². The van der Waals surface area contributed by atoms with E-state index in [9.17, 15) is 14.0 Å². The van der Waals surface area contributed by atoms with Gasteiger partial charge in [0, 0.05) is 29.3 Å². The fraction of sp³-hybridized carbons (Fsp3) is 0.391. The molecule has 2 fully saturated rings. The molecule has 152 valence electrons. The van der Waals surface area contributed by atoms with Gasteiger partial charge >= 0.3 is 0 Å². The first-order valence-corrected chi connectivity index (χ1v) is 10.1. The van der Waals surface area contributed by atoms with Crippen molar-refractivity contribution in [2.75, 3.05) is 0 Å². The van der Waals surface area contributed by atoms with Gasteiger partial charge in [0.15, 0.2) is 11.6 Å². The SMILES string of the molecule is CC(C)Oc1ccc(/C(=C\[C@H]2CCC(=O)N2)c2ccc(C3CC3)c(=O)[nH]2)cc1F. The van der Waals surface area contributed by atoms with Gasteiger partial charge in [-0.1, -0.05) is 18.2 Å². The average Bonchev–Trinajstić information content (AvgIpc) is 3.42. The minimum atomic E-state index is -0.463. The predicted octanol–water partition coefficient (Wildman–Crippen LogP) is 3.89. The Morgan fingerprint density at radius 2 is 1.97 bits per heavy atom. The van der Waals surface area contributed by atoms with E-state index in [0.29, 0.717) is 35.6 Å². The first-order valence-electron chi connectivity index (χ1n) is 10.1. The minimum Gasteiger partial charge on any atom is -0.488 e. The van der Waals surface area contributed by atoms with Crippen LogP contribution < -0.4 is 15.6 Å². The molecular weight excluding hydrogens is 371 g/mol. The summed E-state index contributed by atoms with van der Waals surface area (Å²) in [5.41, 5.74) is 2.61. The number of amides is 1. The Kier molecular flexibility index (Phi) is 5.26. The lowest BCUT2D eigenvalue weighted by Crippen LogP contribution is -2.23. The fourth-order valence-electron chi connectivity index (χ4n) is 3.68. The van der Waals surface area contributed by atoms with Crippen molar-refractivity contribution in [3.05, 3.63) is 69.4 Å². The average molecular weight is 396 g/mol. The number of nitrogens with one attached hydrogen (secondary N) is 2. The van der Waals surface area contributed by atoms with Crippen molar-refractivity contribution in [1.29, 1.82) is 0 Å². The van der Waals surface area contributed by atoms with E-state index in [1.165, 1.54) is 6.07 Å². The summed E-state index contributed by atoms with van der Waals surface area (Å²) in [5, 5.41) is 2.90. The Morgan fingerprint density at radius 1 is 1.17 bits per heavy atom. The second-order valence-electron chi connectivity index (χ2n) is 8.04. The van der Waals surface area contributed by atoms with E-state index in [1.807, 2.05) is 32.1 Å². The molecule has 4 rings (SSSR count). The molecule has 2 heterocycles. The highest BCUT2D eigenvalue weighted by Crippen LogP contribution is 2.38. The first kappa shape index (κ1) is 19.4. The van der Waals surface area contributed by atoms with Crippen LogP contribution in [0.4, 0.5) is 4.39 Å². The summed E-state index contributed by atoms with van der Waals surface area (Å²) >= 11 is 0. The van der Waals surface area contributed by atoms with Crippen molar-refractivity contribution in [1.82, 2.24) is 10.3 Å². The predicted molar refractivity (Wildman–Crippen MR) is 109 cm³/mol. The molecule has 0 bridgehead atoms. The number of rotatable bonds is 6. The molecule has 0 spiro atoms. The second kappa shape index (κ2) is 7.85. The third-order valence-corrected chi connectivity index (χ3v) is 5.25. The molecule has 1 aliphatic heterocycles. The monoisotopic (exact) mass is 396 g/mol. The van der Waals surface area contributed by atoms with E-state index in [0.717, 1.165) is 18.4 Å². The number of benzene rings is 1. The van der Waals surface area contributed by atoms with E-state index >= 15 is 0 Å². The van der Waals surface area contributed by atoms with Crippen LogP contribution in [-0.4, -0.2) is 23.0 Å². The largest absolute Gasteiger partial charge is 0.488 e. The maximum atomic E-state index is 14.6. The Bertz CT molecular complexity index is 1020. The molecule has 1 amide bonds. The molecule has 1 aliphatic carbocycles. The van der Waals surface area contributed by atoms with Crippen molar-refractivity contribution in [3.8, 4) is 5.75 Å². The Hall–Kier alpha value is -2.89. The van der Waals surface area contributed by atoms with Crippen LogP contribution in [0.3, 0.4) is 0 Å². The molecule has 29 heavy (non-hydrogen) atoms. The summed E-state index contributed by atoms with van der Waals surface area (Å²) in [6.07, 6.45) is 4.98. The van der Waals surface area contributed by atoms with Gasteiger partial charge in [-0.15, -0.1) is 0 Å². The smallest absolute Gasteiger partial charge is 0.251 e. The molecule has 1 aromatic heterocycles. The van der Waals surface area contributed by atoms with Gasteiger partial charge in [-0.05, 0) is 62.8 Å². The Balaban J connectivity index is 1.74.